The molecule has 2 aromatic carbocycles. The number of ketones is 1. The fraction of sp³-hybridized carbons (Fsp3) is 0.278. The molecule has 0 amide bonds. The van der Waals surface area contributed by atoms with Crippen molar-refractivity contribution in [3.05, 3.63) is 69.8 Å². The second-order valence-electron chi connectivity index (χ2n) is 5.66. The first kappa shape index (κ1) is 15.2. The summed E-state index contributed by atoms with van der Waals surface area (Å²) in [4.78, 5) is 23.2. The van der Waals surface area contributed by atoms with E-state index >= 15 is 0 Å². The summed E-state index contributed by atoms with van der Waals surface area (Å²) in [5, 5.41) is 11.0. The highest BCUT2D eigenvalue weighted by Crippen LogP contribution is 2.30. The van der Waals surface area contributed by atoms with E-state index < -0.39 is 4.92 Å². The van der Waals surface area contributed by atoms with Crippen LogP contribution in [0.1, 0.15) is 41.6 Å². The third-order valence-corrected chi connectivity index (χ3v) is 4.05. The molecule has 23 heavy (non-hydrogen) atoms. The van der Waals surface area contributed by atoms with Crippen molar-refractivity contribution in [3.63, 3.8) is 0 Å². The summed E-state index contributed by atoms with van der Waals surface area (Å²) in [6.07, 6.45) is 4.21. The van der Waals surface area contributed by atoms with E-state index in [2.05, 4.69) is 0 Å². The Morgan fingerprint density at radius 2 is 1.78 bits per heavy atom. The molecule has 5 heteroatoms. The summed E-state index contributed by atoms with van der Waals surface area (Å²) in [5.74, 6) is 0.165. The molecule has 0 bridgehead atoms. The van der Waals surface area contributed by atoms with E-state index in [0.29, 0.717) is 11.3 Å². The molecule has 1 aliphatic carbocycles. The Morgan fingerprint density at radius 3 is 2.43 bits per heavy atom. The normalized spacial score (nSPS) is 14.6. The Morgan fingerprint density at radius 1 is 1.09 bits per heavy atom. The average molecular weight is 311 g/mol. The highest BCUT2D eigenvalue weighted by atomic mass is 16.6. The van der Waals surface area contributed by atoms with E-state index in [-0.39, 0.29) is 23.1 Å². The van der Waals surface area contributed by atoms with Crippen LogP contribution in [0.3, 0.4) is 0 Å². The van der Waals surface area contributed by atoms with Crippen molar-refractivity contribution in [3.8, 4) is 5.75 Å². The molecule has 1 saturated carbocycles. The second-order valence-corrected chi connectivity index (χ2v) is 5.66. The zero-order chi connectivity index (χ0) is 16.2. The molecule has 5 nitrogen and oxygen atoms in total. The summed E-state index contributed by atoms with van der Waals surface area (Å²) >= 11 is 0. The van der Waals surface area contributed by atoms with Gasteiger partial charge in [-0.2, -0.15) is 0 Å². The van der Waals surface area contributed by atoms with E-state index in [0.717, 1.165) is 25.7 Å². The number of benzene rings is 2. The minimum atomic E-state index is -0.499. The number of nitro benzene ring substituents is 1. The lowest BCUT2D eigenvalue weighted by Gasteiger charge is -2.16. The van der Waals surface area contributed by atoms with E-state index in [1.54, 1.807) is 24.3 Å². The highest BCUT2D eigenvalue weighted by Gasteiger charge is 2.23. The first-order chi connectivity index (χ1) is 11.1. The van der Waals surface area contributed by atoms with Gasteiger partial charge in [0.05, 0.1) is 16.6 Å². The number of rotatable bonds is 5. The van der Waals surface area contributed by atoms with Gasteiger partial charge in [-0.3, -0.25) is 14.9 Å². The number of ether oxygens (including phenoxy) is 1. The number of carbonyl (C=O) groups excluding carboxylic acids is 1. The summed E-state index contributed by atoms with van der Waals surface area (Å²) in [6, 6.07) is 13.0. The minimum absolute atomic E-state index is 0.0822. The Hall–Kier alpha value is -2.69. The van der Waals surface area contributed by atoms with Gasteiger partial charge < -0.3 is 4.74 Å². The molecule has 0 unspecified atom stereocenters. The summed E-state index contributed by atoms with van der Waals surface area (Å²) < 4.78 is 5.94. The number of hydrogen-bond donors (Lipinski definition) is 0. The van der Waals surface area contributed by atoms with Crippen LogP contribution in [0.5, 0.6) is 5.75 Å². The summed E-state index contributed by atoms with van der Waals surface area (Å²) in [5.41, 5.74) is 0.629. The number of nitrogens with zero attached hydrogens (tertiary/aromatic N) is 1. The predicted molar refractivity (Wildman–Crippen MR) is 85.9 cm³/mol. The van der Waals surface area contributed by atoms with Crippen LogP contribution in [0.25, 0.3) is 0 Å². The molecule has 2 aromatic rings. The maximum Gasteiger partial charge on any atom is 0.270 e. The van der Waals surface area contributed by atoms with Gasteiger partial charge in [-0.15, -0.1) is 0 Å². The van der Waals surface area contributed by atoms with E-state index in [1.807, 2.05) is 6.07 Å². The van der Waals surface area contributed by atoms with Gasteiger partial charge in [-0.25, -0.2) is 0 Å². The fourth-order valence-corrected chi connectivity index (χ4v) is 2.84. The second kappa shape index (κ2) is 6.60. The van der Waals surface area contributed by atoms with Crippen molar-refractivity contribution in [2.75, 3.05) is 0 Å². The van der Waals surface area contributed by atoms with Crippen LogP contribution in [0.2, 0.25) is 0 Å². The van der Waals surface area contributed by atoms with Gasteiger partial charge >= 0.3 is 0 Å². The van der Waals surface area contributed by atoms with Crippen LogP contribution in [-0.2, 0) is 0 Å². The molecule has 0 N–H and O–H groups in total. The van der Waals surface area contributed by atoms with Crippen molar-refractivity contribution in [2.45, 2.75) is 31.8 Å². The van der Waals surface area contributed by atoms with Gasteiger partial charge in [0.1, 0.15) is 5.75 Å². The quantitative estimate of drug-likeness (QED) is 0.472. The van der Waals surface area contributed by atoms with Gasteiger partial charge in [0.25, 0.3) is 5.69 Å². The third-order valence-electron chi connectivity index (χ3n) is 4.05. The fourth-order valence-electron chi connectivity index (χ4n) is 2.84. The lowest BCUT2D eigenvalue weighted by Crippen LogP contribution is -2.14. The SMILES string of the molecule is O=C(c1ccccc1)c1cc([N+](=O)[O-])ccc1OC1CCCC1. The standard InChI is InChI=1S/C18H17NO4/c20-18(13-6-2-1-3-7-13)16-12-14(19(21)22)10-11-17(16)23-15-8-4-5-9-15/h1-3,6-7,10-12,15H,4-5,8-9H2. The molecule has 0 aliphatic heterocycles. The van der Waals surface area contributed by atoms with Crippen LogP contribution in [0.15, 0.2) is 48.5 Å². The van der Waals surface area contributed by atoms with E-state index in [9.17, 15) is 14.9 Å². The average Bonchev–Trinajstić information content (AvgIpc) is 3.08. The van der Waals surface area contributed by atoms with Crippen LogP contribution in [-0.4, -0.2) is 16.8 Å². The van der Waals surface area contributed by atoms with Crippen molar-refractivity contribution in [2.24, 2.45) is 0 Å². The van der Waals surface area contributed by atoms with Crippen molar-refractivity contribution < 1.29 is 14.5 Å². The summed E-state index contributed by atoms with van der Waals surface area (Å²) in [7, 11) is 0. The molecule has 1 aliphatic rings. The van der Waals surface area contributed by atoms with E-state index in [1.165, 1.54) is 18.2 Å². The lowest BCUT2D eigenvalue weighted by molar-refractivity contribution is -0.384. The number of hydrogen-bond acceptors (Lipinski definition) is 4. The van der Waals surface area contributed by atoms with Crippen molar-refractivity contribution in [1.29, 1.82) is 0 Å². The molecule has 118 valence electrons. The van der Waals surface area contributed by atoms with Gasteiger partial charge in [-0.05, 0) is 31.7 Å². The Balaban J connectivity index is 1.98. The number of carbonyl (C=O) groups is 1. The minimum Gasteiger partial charge on any atom is -0.490 e. The predicted octanol–water partition coefficient (Wildman–Crippen LogP) is 4.15. The Labute approximate surface area is 134 Å². The van der Waals surface area contributed by atoms with Crippen LogP contribution < -0.4 is 4.74 Å². The molecule has 0 saturated heterocycles. The molecule has 0 heterocycles. The molecular weight excluding hydrogens is 294 g/mol. The van der Waals surface area contributed by atoms with Gasteiger partial charge in [0.2, 0.25) is 0 Å². The van der Waals surface area contributed by atoms with Crippen molar-refractivity contribution in [1.82, 2.24) is 0 Å². The molecule has 1 fully saturated rings. The maximum atomic E-state index is 12.7. The maximum absolute atomic E-state index is 12.7. The van der Waals surface area contributed by atoms with Gasteiger partial charge in [0.15, 0.2) is 5.78 Å². The Kier molecular flexibility index (Phi) is 4.37. The van der Waals surface area contributed by atoms with E-state index in [4.69, 9.17) is 4.74 Å². The first-order valence-electron chi connectivity index (χ1n) is 7.70. The van der Waals surface area contributed by atoms with Crippen LogP contribution in [0, 0.1) is 10.1 Å². The zero-order valence-corrected chi connectivity index (χ0v) is 12.6. The molecular formula is C18H17NO4. The Bertz CT molecular complexity index is 721. The number of non-ortho nitro benzene ring substituents is 1. The monoisotopic (exact) mass is 311 g/mol. The molecule has 0 aromatic heterocycles. The number of nitro groups is 1. The summed E-state index contributed by atoms with van der Waals surface area (Å²) in [6.45, 7) is 0. The first-order valence-corrected chi connectivity index (χ1v) is 7.70. The van der Waals surface area contributed by atoms with Crippen molar-refractivity contribution >= 4 is 11.5 Å². The third kappa shape index (κ3) is 3.39. The largest absolute Gasteiger partial charge is 0.490 e. The molecule has 3 rings (SSSR count). The molecule has 0 radical (unpaired) electrons. The molecule has 0 spiro atoms. The van der Waals surface area contributed by atoms with Gasteiger partial charge in [0, 0.05) is 17.7 Å². The highest BCUT2D eigenvalue weighted by molar-refractivity contribution is 6.11. The smallest absolute Gasteiger partial charge is 0.270 e. The van der Waals surface area contributed by atoms with Crippen LogP contribution >= 0.6 is 0 Å². The van der Waals surface area contributed by atoms with Gasteiger partial charge in [-0.1, -0.05) is 30.3 Å². The molecule has 0 atom stereocenters. The van der Waals surface area contributed by atoms with Crippen LogP contribution in [0.4, 0.5) is 5.69 Å². The topological polar surface area (TPSA) is 69.4 Å². The lowest BCUT2D eigenvalue weighted by atomic mass is 10.0. The zero-order valence-electron chi connectivity index (χ0n) is 12.6.